The maximum atomic E-state index is 11.9. The van der Waals surface area contributed by atoms with Gasteiger partial charge in [-0.1, -0.05) is 0 Å². The molecule has 0 aromatic heterocycles. The number of piperidine rings is 1. The van der Waals surface area contributed by atoms with E-state index in [0.29, 0.717) is 12.6 Å². The lowest BCUT2D eigenvalue weighted by Crippen LogP contribution is -2.54. The van der Waals surface area contributed by atoms with E-state index in [1.165, 1.54) is 25.7 Å². The second-order valence-electron chi connectivity index (χ2n) is 6.62. The molecular weight excluding hydrogens is 254 g/mol. The van der Waals surface area contributed by atoms with Crippen molar-refractivity contribution < 1.29 is 14.3 Å². The van der Waals surface area contributed by atoms with Gasteiger partial charge in [-0.25, -0.2) is 0 Å². The number of esters is 1. The molecule has 2 unspecified atom stereocenters. The molecule has 3 fully saturated rings. The molecule has 0 radical (unpaired) electrons. The third-order valence-corrected chi connectivity index (χ3v) is 5.32. The molecule has 0 aromatic carbocycles. The molecule has 2 atom stereocenters. The predicted molar refractivity (Wildman–Crippen MR) is 76.5 cm³/mol. The van der Waals surface area contributed by atoms with E-state index in [2.05, 4.69) is 4.90 Å². The lowest BCUT2D eigenvalue weighted by molar-refractivity contribution is -0.158. The van der Waals surface area contributed by atoms with Crippen molar-refractivity contribution in [3.05, 3.63) is 0 Å². The zero-order valence-corrected chi connectivity index (χ0v) is 12.6. The normalized spacial score (nSPS) is 33.6. The van der Waals surface area contributed by atoms with Gasteiger partial charge in [0.2, 0.25) is 0 Å². The minimum atomic E-state index is 0.00242. The largest absolute Gasteiger partial charge is 0.466 e. The Hall–Kier alpha value is -0.610. The van der Waals surface area contributed by atoms with Crippen LogP contribution in [0.4, 0.5) is 0 Å². The van der Waals surface area contributed by atoms with E-state index in [-0.39, 0.29) is 17.5 Å². The number of ether oxygens (including phenoxy) is 2. The van der Waals surface area contributed by atoms with Gasteiger partial charge in [-0.3, -0.25) is 9.69 Å². The van der Waals surface area contributed by atoms with Gasteiger partial charge in [0.05, 0.1) is 18.1 Å². The molecule has 1 spiro atoms. The number of hydrogen-bond donors (Lipinski definition) is 0. The van der Waals surface area contributed by atoms with Crippen LogP contribution in [0.5, 0.6) is 0 Å². The molecule has 4 nitrogen and oxygen atoms in total. The zero-order valence-electron chi connectivity index (χ0n) is 12.6. The Labute approximate surface area is 121 Å². The second kappa shape index (κ2) is 6.02. The molecule has 0 amide bonds. The minimum Gasteiger partial charge on any atom is -0.466 e. The third-order valence-electron chi connectivity index (χ3n) is 5.32. The van der Waals surface area contributed by atoms with E-state index in [1.54, 1.807) is 0 Å². The van der Waals surface area contributed by atoms with Gasteiger partial charge >= 0.3 is 5.97 Å². The first-order chi connectivity index (χ1) is 9.72. The lowest BCUT2D eigenvalue weighted by atomic mass is 9.73. The fraction of sp³-hybridized carbons (Fsp3) is 0.938. The number of carbonyl (C=O) groups excluding carboxylic acids is 1. The summed E-state index contributed by atoms with van der Waals surface area (Å²) in [4.78, 5) is 14.5. The highest BCUT2D eigenvalue weighted by atomic mass is 16.5. The van der Waals surface area contributed by atoms with Crippen molar-refractivity contribution >= 4 is 5.97 Å². The van der Waals surface area contributed by atoms with Crippen LogP contribution in [0.25, 0.3) is 0 Å². The monoisotopic (exact) mass is 281 g/mol. The van der Waals surface area contributed by atoms with Crippen molar-refractivity contribution in [1.82, 2.24) is 4.90 Å². The van der Waals surface area contributed by atoms with Crippen LogP contribution in [0.15, 0.2) is 0 Å². The average Bonchev–Trinajstić information content (AvgIpc) is 2.46. The lowest BCUT2D eigenvalue weighted by Gasteiger charge is -2.50. The molecule has 2 aliphatic heterocycles. The van der Waals surface area contributed by atoms with Crippen molar-refractivity contribution in [3.63, 3.8) is 0 Å². The Morgan fingerprint density at radius 3 is 2.90 bits per heavy atom. The van der Waals surface area contributed by atoms with Crippen molar-refractivity contribution in [2.24, 2.45) is 5.92 Å². The van der Waals surface area contributed by atoms with Crippen molar-refractivity contribution in [1.29, 1.82) is 0 Å². The summed E-state index contributed by atoms with van der Waals surface area (Å²) < 4.78 is 11.2. The summed E-state index contributed by atoms with van der Waals surface area (Å²) in [6.07, 6.45) is 8.19. The fourth-order valence-corrected chi connectivity index (χ4v) is 4.02. The molecule has 20 heavy (non-hydrogen) atoms. The van der Waals surface area contributed by atoms with Crippen molar-refractivity contribution in [3.8, 4) is 0 Å². The molecular formula is C16H27NO3. The Kier molecular flexibility index (Phi) is 4.32. The van der Waals surface area contributed by atoms with Gasteiger partial charge in [-0.15, -0.1) is 0 Å². The van der Waals surface area contributed by atoms with Gasteiger partial charge in [0.25, 0.3) is 0 Å². The summed E-state index contributed by atoms with van der Waals surface area (Å²) in [6.45, 7) is 5.30. The van der Waals surface area contributed by atoms with Gasteiger partial charge in [0, 0.05) is 19.2 Å². The Morgan fingerprint density at radius 2 is 2.20 bits per heavy atom. The van der Waals surface area contributed by atoms with E-state index in [1.807, 2.05) is 6.92 Å². The van der Waals surface area contributed by atoms with Gasteiger partial charge < -0.3 is 9.47 Å². The summed E-state index contributed by atoms with van der Waals surface area (Å²) >= 11 is 0. The standard InChI is InChI=1S/C16H27NO3/c1-2-19-15(18)13-5-3-9-17(12-13)14-6-10-20-16(11-14)7-4-8-16/h13-14H,2-12H2,1H3. The summed E-state index contributed by atoms with van der Waals surface area (Å²) in [7, 11) is 0. The van der Waals surface area contributed by atoms with E-state index in [9.17, 15) is 4.79 Å². The van der Waals surface area contributed by atoms with Crippen LogP contribution in [0.1, 0.15) is 51.9 Å². The second-order valence-corrected chi connectivity index (χ2v) is 6.62. The van der Waals surface area contributed by atoms with Gasteiger partial charge in [0.15, 0.2) is 0 Å². The summed E-state index contributed by atoms with van der Waals surface area (Å²) in [5, 5.41) is 0. The smallest absolute Gasteiger partial charge is 0.310 e. The maximum Gasteiger partial charge on any atom is 0.310 e. The number of carbonyl (C=O) groups is 1. The highest BCUT2D eigenvalue weighted by Crippen LogP contribution is 2.43. The van der Waals surface area contributed by atoms with Crippen LogP contribution in [0, 0.1) is 5.92 Å². The molecule has 0 N–H and O–H groups in total. The molecule has 1 aliphatic carbocycles. The molecule has 0 aromatic rings. The first kappa shape index (κ1) is 14.3. The Bertz CT molecular complexity index is 354. The Morgan fingerprint density at radius 1 is 1.35 bits per heavy atom. The van der Waals surface area contributed by atoms with Crippen LogP contribution in [-0.4, -0.2) is 48.8 Å². The summed E-state index contributed by atoms with van der Waals surface area (Å²) in [5.74, 6) is 0.0894. The van der Waals surface area contributed by atoms with Crippen LogP contribution in [-0.2, 0) is 14.3 Å². The van der Waals surface area contributed by atoms with Crippen LogP contribution < -0.4 is 0 Å². The Balaban J connectivity index is 1.57. The number of likely N-dealkylation sites (tertiary alicyclic amines) is 1. The fourth-order valence-electron chi connectivity index (χ4n) is 4.02. The molecule has 3 aliphatic rings. The molecule has 2 heterocycles. The molecule has 3 rings (SSSR count). The average molecular weight is 281 g/mol. The number of rotatable bonds is 3. The third kappa shape index (κ3) is 2.86. The topological polar surface area (TPSA) is 38.8 Å². The summed E-state index contributed by atoms with van der Waals surface area (Å²) in [5.41, 5.74) is 0.194. The van der Waals surface area contributed by atoms with Crippen molar-refractivity contribution in [2.45, 2.75) is 63.5 Å². The predicted octanol–water partition coefficient (Wildman–Crippen LogP) is 2.36. The SMILES string of the molecule is CCOC(=O)C1CCCN(C2CCOC3(CCC3)C2)C1. The van der Waals surface area contributed by atoms with Crippen LogP contribution in [0.2, 0.25) is 0 Å². The van der Waals surface area contributed by atoms with Gasteiger partial charge in [-0.05, 0) is 58.4 Å². The van der Waals surface area contributed by atoms with Crippen LogP contribution >= 0.6 is 0 Å². The molecule has 0 bridgehead atoms. The summed E-state index contributed by atoms with van der Waals surface area (Å²) in [6, 6.07) is 0.612. The molecule has 2 saturated heterocycles. The zero-order chi connectivity index (χ0) is 14.0. The number of nitrogens with zero attached hydrogens (tertiary/aromatic N) is 1. The van der Waals surface area contributed by atoms with E-state index in [4.69, 9.17) is 9.47 Å². The van der Waals surface area contributed by atoms with Crippen LogP contribution in [0.3, 0.4) is 0 Å². The van der Waals surface area contributed by atoms with E-state index in [0.717, 1.165) is 39.0 Å². The molecule has 4 heteroatoms. The van der Waals surface area contributed by atoms with Gasteiger partial charge in [0.1, 0.15) is 0 Å². The minimum absolute atomic E-state index is 0.00242. The van der Waals surface area contributed by atoms with Crippen molar-refractivity contribution in [2.75, 3.05) is 26.3 Å². The van der Waals surface area contributed by atoms with Gasteiger partial charge in [-0.2, -0.15) is 0 Å². The molecule has 114 valence electrons. The highest BCUT2D eigenvalue weighted by Gasteiger charge is 2.44. The highest BCUT2D eigenvalue weighted by molar-refractivity contribution is 5.72. The van der Waals surface area contributed by atoms with E-state index >= 15 is 0 Å². The number of hydrogen-bond acceptors (Lipinski definition) is 4. The molecule has 1 saturated carbocycles. The quantitative estimate of drug-likeness (QED) is 0.744. The first-order valence-corrected chi connectivity index (χ1v) is 8.27. The maximum absolute atomic E-state index is 11.9. The first-order valence-electron chi connectivity index (χ1n) is 8.27. The van der Waals surface area contributed by atoms with E-state index < -0.39 is 0 Å².